The van der Waals surface area contributed by atoms with Crippen LogP contribution in [0.3, 0.4) is 0 Å². The molecule has 0 aromatic heterocycles. The molecular weight excluding hydrogens is 259 g/mol. The van der Waals surface area contributed by atoms with Crippen LogP contribution in [0.2, 0.25) is 0 Å². The second-order valence-corrected chi connectivity index (χ2v) is 11.3. The summed E-state index contributed by atoms with van der Waals surface area (Å²) in [6.45, 7) is 9.50. The molecule has 0 spiro atoms. The van der Waals surface area contributed by atoms with Crippen molar-refractivity contribution in [1.82, 2.24) is 0 Å². The van der Waals surface area contributed by atoms with Gasteiger partial charge in [-0.2, -0.15) is 0 Å². The van der Waals surface area contributed by atoms with Crippen molar-refractivity contribution in [2.75, 3.05) is 24.6 Å². The molecule has 122 valence electrons. The van der Waals surface area contributed by atoms with Crippen LogP contribution in [0.5, 0.6) is 0 Å². The van der Waals surface area contributed by atoms with Gasteiger partial charge in [0.2, 0.25) is 0 Å². The van der Waals surface area contributed by atoms with Gasteiger partial charge in [0.1, 0.15) is 0 Å². The zero-order chi connectivity index (χ0) is 15.1. The lowest BCUT2D eigenvalue weighted by Gasteiger charge is -2.27. The van der Waals surface area contributed by atoms with Gasteiger partial charge in [0, 0.05) is 7.26 Å². The van der Waals surface area contributed by atoms with E-state index in [1.807, 2.05) is 0 Å². The zero-order valence-corrected chi connectivity index (χ0v) is 15.9. The van der Waals surface area contributed by atoms with E-state index < -0.39 is 7.26 Å². The lowest BCUT2D eigenvalue weighted by molar-refractivity contribution is 0.655. The van der Waals surface area contributed by atoms with E-state index >= 15 is 0 Å². The van der Waals surface area contributed by atoms with Gasteiger partial charge in [-0.1, -0.05) is 59.3 Å². The molecule has 0 aliphatic heterocycles. The molecule has 0 aromatic rings. The maximum absolute atomic E-state index is 2.50. The average molecular weight is 302 g/mol. The molecule has 0 aliphatic carbocycles. The van der Waals surface area contributed by atoms with Crippen LogP contribution in [0.1, 0.15) is 98.3 Å². The summed E-state index contributed by atoms with van der Waals surface area (Å²) in [6.07, 6.45) is 22.4. The Labute approximate surface area is 130 Å². The summed E-state index contributed by atoms with van der Waals surface area (Å²) >= 11 is 0. The Balaban J connectivity index is 4.12. The van der Waals surface area contributed by atoms with Crippen LogP contribution >= 0.6 is 7.26 Å². The van der Waals surface area contributed by atoms with Crippen LogP contribution in [0, 0.1) is 0 Å². The number of hydrogen-bond donors (Lipinski definition) is 0. The molecule has 0 aliphatic rings. The minimum atomic E-state index is -0.582. The summed E-state index contributed by atoms with van der Waals surface area (Å²) in [6, 6.07) is 0. The largest absolute Gasteiger partial charge is 0.0654 e. The Bertz CT molecular complexity index is 190. The van der Waals surface area contributed by atoms with Crippen molar-refractivity contribution in [3.63, 3.8) is 0 Å². The zero-order valence-electron chi connectivity index (χ0n) is 15.1. The van der Waals surface area contributed by atoms with Gasteiger partial charge in [-0.15, -0.1) is 0 Å². The molecule has 1 atom stereocenters. The Morgan fingerprint density at radius 1 is 0.450 bits per heavy atom. The fourth-order valence-corrected chi connectivity index (χ4v) is 7.62. The van der Waals surface area contributed by atoms with Crippen molar-refractivity contribution in [2.24, 2.45) is 0 Å². The van der Waals surface area contributed by atoms with Gasteiger partial charge in [0.05, 0.1) is 24.6 Å². The molecule has 20 heavy (non-hydrogen) atoms. The Hall–Kier alpha value is 0.430. The Morgan fingerprint density at radius 3 is 1.30 bits per heavy atom. The van der Waals surface area contributed by atoms with Gasteiger partial charge in [0.15, 0.2) is 0 Å². The fraction of sp³-hybridized carbons (Fsp3) is 1.00. The first-order valence-corrected chi connectivity index (χ1v) is 12.1. The summed E-state index contributed by atoms with van der Waals surface area (Å²) < 4.78 is 0. The first-order chi connectivity index (χ1) is 9.74. The second kappa shape index (κ2) is 14.4. The van der Waals surface area contributed by atoms with Crippen molar-refractivity contribution in [1.29, 1.82) is 0 Å². The molecule has 0 N–H and O–H groups in total. The van der Waals surface area contributed by atoms with E-state index in [0.29, 0.717) is 0 Å². The molecule has 0 rings (SSSR count). The molecule has 1 heteroatoms. The van der Waals surface area contributed by atoms with Crippen LogP contribution in [-0.4, -0.2) is 24.6 Å². The lowest BCUT2D eigenvalue weighted by Crippen LogP contribution is -2.11. The molecule has 0 nitrogen and oxygen atoms in total. The van der Waals surface area contributed by atoms with E-state index in [4.69, 9.17) is 0 Å². The molecule has 0 fully saturated rings. The SMILES string of the molecule is CCCCCCC[P+](CC)(CCCC)CCCCCC. The maximum Gasteiger partial charge on any atom is 0.0594 e. The molecule has 0 aromatic carbocycles. The first-order valence-electron chi connectivity index (χ1n) is 9.59. The normalized spacial score (nSPS) is 14.4. The third kappa shape index (κ3) is 10.2. The van der Waals surface area contributed by atoms with Gasteiger partial charge < -0.3 is 0 Å². The summed E-state index contributed by atoms with van der Waals surface area (Å²) in [7, 11) is -0.582. The second-order valence-electron chi connectivity index (χ2n) is 6.66. The van der Waals surface area contributed by atoms with Crippen LogP contribution in [-0.2, 0) is 0 Å². The lowest BCUT2D eigenvalue weighted by atomic mass is 10.2. The molecule has 0 radical (unpaired) electrons. The van der Waals surface area contributed by atoms with Crippen molar-refractivity contribution in [2.45, 2.75) is 98.3 Å². The standard InChI is InChI=1S/C19H42P/c1-5-9-12-14-16-19-20(8-4,17-11-7-3)18-15-13-10-6-2/h5-19H2,1-4H3/q+1. The monoisotopic (exact) mass is 301 g/mol. The van der Waals surface area contributed by atoms with E-state index in [1.54, 1.807) is 18.5 Å². The third-order valence-corrected chi connectivity index (χ3v) is 10.0. The van der Waals surface area contributed by atoms with Crippen molar-refractivity contribution < 1.29 is 0 Å². The highest BCUT2D eigenvalue weighted by atomic mass is 31.2. The number of unbranched alkanes of at least 4 members (excludes halogenated alkanes) is 8. The number of rotatable bonds is 15. The minimum absolute atomic E-state index is 0.582. The van der Waals surface area contributed by atoms with Gasteiger partial charge in [-0.25, -0.2) is 0 Å². The molecule has 1 unspecified atom stereocenters. The predicted molar refractivity (Wildman–Crippen MR) is 99.9 cm³/mol. The molecular formula is C19H42P+. The summed E-state index contributed by atoms with van der Waals surface area (Å²) in [5.41, 5.74) is 0. The van der Waals surface area contributed by atoms with Crippen LogP contribution in [0.15, 0.2) is 0 Å². The Morgan fingerprint density at radius 2 is 0.850 bits per heavy atom. The molecule has 0 saturated heterocycles. The summed E-state index contributed by atoms with van der Waals surface area (Å²) in [5, 5.41) is 0. The van der Waals surface area contributed by atoms with Crippen molar-refractivity contribution in [3.05, 3.63) is 0 Å². The maximum atomic E-state index is 2.50. The topological polar surface area (TPSA) is 0 Å². The molecule has 0 saturated carbocycles. The van der Waals surface area contributed by atoms with Crippen LogP contribution in [0.4, 0.5) is 0 Å². The third-order valence-electron chi connectivity index (χ3n) is 4.88. The van der Waals surface area contributed by atoms with Crippen LogP contribution < -0.4 is 0 Å². The van der Waals surface area contributed by atoms with E-state index in [2.05, 4.69) is 27.7 Å². The highest BCUT2D eigenvalue weighted by Gasteiger charge is 2.33. The first kappa shape index (κ1) is 20.4. The Kier molecular flexibility index (Phi) is 14.7. The van der Waals surface area contributed by atoms with Gasteiger partial charge in [-0.3, -0.25) is 0 Å². The van der Waals surface area contributed by atoms with Crippen molar-refractivity contribution in [3.8, 4) is 0 Å². The average Bonchev–Trinajstić information content (AvgIpc) is 2.48. The van der Waals surface area contributed by atoms with E-state index in [0.717, 1.165) is 0 Å². The van der Waals surface area contributed by atoms with E-state index in [9.17, 15) is 0 Å². The molecule has 0 bridgehead atoms. The highest BCUT2D eigenvalue weighted by Crippen LogP contribution is 2.60. The van der Waals surface area contributed by atoms with E-state index in [1.165, 1.54) is 76.8 Å². The van der Waals surface area contributed by atoms with Crippen LogP contribution in [0.25, 0.3) is 0 Å². The van der Waals surface area contributed by atoms with Gasteiger partial charge in [0.25, 0.3) is 0 Å². The smallest absolute Gasteiger partial charge is 0.0594 e. The summed E-state index contributed by atoms with van der Waals surface area (Å²) in [4.78, 5) is 0. The summed E-state index contributed by atoms with van der Waals surface area (Å²) in [5.74, 6) is 0. The van der Waals surface area contributed by atoms with Gasteiger partial charge in [-0.05, 0) is 39.0 Å². The number of hydrogen-bond acceptors (Lipinski definition) is 0. The minimum Gasteiger partial charge on any atom is -0.0654 e. The molecule has 0 heterocycles. The van der Waals surface area contributed by atoms with E-state index in [-0.39, 0.29) is 0 Å². The quantitative estimate of drug-likeness (QED) is 0.219. The van der Waals surface area contributed by atoms with Gasteiger partial charge >= 0.3 is 0 Å². The predicted octanol–water partition coefficient (Wildman–Crippen LogP) is 7.37. The fourth-order valence-electron chi connectivity index (χ4n) is 3.23. The van der Waals surface area contributed by atoms with Crippen molar-refractivity contribution >= 4 is 7.26 Å². The highest BCUT2D eigenvalue weighted by molar-refractivity contribution is 7.75. The molecule has 0 amide bonds.